The van der Waals surface area contributed by atoms with E-state index in [1.807, 2.05) is 38.8 Å². The second kappa shape index (κ2) is 8.42. The molecule has 1 aromatic heterocycles. The SMILES string of the molecule is Cc1cn([C@@H]2O[C@H](CN(C)C)[C@@]3(OS(=O)(=O)C=C3N)[C@H]2O[Si](C)(C)C(C)(C)C)c(=O)n(C)c1=O. The maximum Gasteiger partial charge on any atom is 0.332 e. The first-order valence-electron chi connectivity index (χ1n) is 11.0. The van der Waals surface area contributed by atoms with Crippen LogP contribution >= 0.6 is 0 Å². The number of hydrogen-bond acceptors (Lipinski definition) is 9. The van der Waals surface area contributed by atoms with Crippen molar-refractivity contribution in [3.05, 3.63) is 43.7 Å². The Balaban J connectivity index is 2.30. The predicted octanol–water partition coefficient (Wildman–Crippen LogP) is 0.604. The van der Waals surface area contributed by atoms with Crippen LogP contribution in [0.4, 0.5) is 0 Å². The molecule has 3 rings (SSSR count). The Hall–Kier alpha value is -1.77. The molecule has 13 heteroatoms. The lowest BCUT2D eigenvalue weighted by Gasteiger charge is -2.43. The minimum Gasteiger partial charge on any atom is -0.406 e. The van der Waals surface area contributed by atoms with Crippen molar-refractivity contribution in [3.8, 4) is 0 Å². The van der Waals surface area contributed by atoms with Crippen molar-refractivity contribution in [2.24, 2.45) is 12.8 Å². The van der Waals surface area contributed by atoms with Crippen LogP contribution in [0, 0.1) is 6.92 Å². The molecular formula is C21H36N4O7SSi. The lowest BCUT2D eigenvalue weighted by Crippen LogP contribution is -2.59. The summed E-state index contributed by atoms with van der Waals surface area (Å²) in [6.45, 7) is 12.0. The highest BCUT2D eigenvalue weighted by Gasteiger charge is 2.67. The highest BCUT2D eigenvalue weighted by atomic mass is 32.2. The number of likely N-dealkylation sites (N-methyl/N-ethyl adjacent to an activating group) is 1. The number of rotatable bonds is 5. The standard InChI is InChI=1S/C21H36N4O7SSi/c1-13-10-25(19(27)24(7)17(13)26)18-16(31-34(8,9)20(2,3)4)21(15(30-18)11-23(5)6)14(22)12-33(28,29)32-21/h10,12,15-16,18H,11,22H2,1-9H3/t15-,16+,18-,21-/m1/s1. The van der Waals surface area contributed by atoms with E-state index < -0.39 is 53.7 Å². The summed E-state index contributed by atoms with van der Waals surface area (Å²) in [6.07, 6.45) is -1.62. The molecule has 192 valence electrons. The van der Waals surface area contributed by atoms with Gasteiger partial charge in [0.1, 0.15) is 12.2 Å². The minimum atomic E-state index is -4.11. The molecule has 1 spiro atoms. The van der Waals surface area contributed by atoms with Gasteiger partial charge in [-0.25, -0.2) is 8.98 Å². The fraction of sp³-hybridized carbons (Fsp3) is 0.714. The van der Waals surface area contributed by atoms with E-state index in [-0.39, 0.29) is 17.3 Å². The maximum absolute atomic E-state index is 13.2. The summed E-state index contributed by atoms with van der Waals surface area (Å²) in [5.41, 5.74) is 3.91. The van der Waals surface area contributed by atoms with Gasteiger partial charge in [-0.15, -0.1) is 0 Å². The molecule has 0 saturated carbocycles. The monoisotopic (exact) mass is 516 g/mol. The van der Waals surface area contributed by atoms with Gasteiger partial charge in [-0.1, -0.05) is 20.8 Å². The van der Waals surface area contributed by atoms with Gasteiger partial charge in [0.05, 0.1) is 11.1 Å². The molecule has 2 N–H and O–H groups in total. The fourth-order valence-electron chi connectivity index (χ4n) is 4.09. The molecule has 0 radical (unpaired) electrons. The van der Waals surface area contributed by atoms with Crippen LogP contribution in [0.1, 0.15) is 32.6 Å². The normalized spacial score (nSPS) is 29.2. The first kappa shape index (κ1) is 26.8. The van der Waals surface area contributed by atoms with Crippen LogP contribution in [0.3, 0.4) is 0 Å². The molecule has 0 bridgehead atoms. The van der Waals surface area contributed by atoms with Crippen LogP contribution in [0.25, 0.3) is 0 Å². The Kier molecular flexibility index (Phi) is 6.64. The highest BCUT2D eigenvalue weighted by molar-refractivity contribution is 7.90. The van der Waals surface area contributed by atoms with E-state index in [9.17, 15) is 18.0 Å². The van der Waals surface area contributed by atoms with E-state index in [4.69, 9.17) is 19.1 Å². The zero-order valence-corrected chi connectivity index (χ0v) is 23.1. The summed E-state index contributed by atoms with van der Waals surface area (Å²) in [7, 11) is -1.70. The summed E-state index contributed by atoms with van der Waals surface area (Å²) >= 11 is 0. The number of nitrogens with zero attached hydrogens (tertiary/aromatic N) is 3. The third-order valence-electron chi connectivity index (χ3n) is 6.96. The largest absolute Gasteiger partial charge is 0.406 e. The second-order valence-corrected chi connectivity index (χ2v) is 17.0. The highest BCUT2D eigenvalue weighted by Crippen LogP contribution is 2.51. The van der Waals surface area contributed by atoms with E-state index in [1.54, 1.807) is 21.0 Å². The molecule has 11 nitrogen and oxygen atoms in total. The molecule has 0 unspecified atom stereocenters. The molecule has 3 heterocycles. The van der Waals surface area contributed by atoms with Gasteiger partial charge in [0.2, 0.25) is 0 Å². The number of hydrogen-bond donors (Lipinski definition) is 1. The van der Waals surface area contributed by atoms with Gasteiger partial charge in [-0.2, -0.15) is 8.42 Å². The quantitative estimate of drug-likeness (QED) is 0.441. The van der Waals surface area contributed by atoms with Gasteiger partial charge in [0, 0.05) is 25.4 Å². The maximum atomic E-state index is 13.2. The topological polar surface area (TPSA) is 135 Å². The van der Waals surface area contributed by atoms with E-state index in [0.29, 0.717) is 5.56 Å². The van der Waals surface area contributed by atoms with Crippen molar-refractivity contribution in [1.29, 1.82) is 0 Å². The molecule has 1 fully saturated rings. The Labute approximate surface area is 201 Å². The molecule has 0 amide bonds. The van der Waals surface area contributed by atoms with Crippen LogP contribution in [0.15, 0.2) is 26.9 Å². The Bertz CT molecular complexity index is 1230. The third kappa shape index (κ3) is 4.33. The van der Waals surface area contributed by atoms with Gasteiger partial charge in [0.25, 0.3) is 15.7 Å². The van der Waals surface area contributed by atoms with E-state index in [2.05, 4.69) is 0 Å². The Morgan fingerprint density at radius 1 is 1.26 bits per heavy atom. The van der Waals surface area contributed by atoms with Crippen LogP contribution in [-0.4, -0.2) is 69.2 Å². The summed E-state index contributed by atoms with van der Waals surface area (Å²) in [5, 5.41) is 0.636. The van der Waals surface area contributed by atoms with Gasteiger partial charge in [-0.3, -0.25) is 13.9 Å². The summed E-state index contributed by atoms with van der Waals surface area (Å²) < 4.78 is 46.2. The first-order valence-corrected chi connectivity index (χ1v) is 15.4. The van der Waals surface area contributed by atoms with Gasteiger partial charge < -0.3 is 19.8 Å². The molecule has 1 saturated heterocycles. The zero-order chi connectivity index (χ0) is 26.0. The third-order valence-corrected chi connectivity index (χ3v) is 12.5. The lowest BCUT2D eigenvalue weighted by atomic mass is 9.89. The Morgan fingerprint density at radius 3 is 2.32 bits per heavy atom. The molecule has 0 aromatic carbocycles. The molecule has 34 heavy (non-hydrogen) atoms. The van der Waals surface area contributed by atoms with Crippen LogP contribution < -0.4 is 17.0 Å². The van der Waals surface area contributed by atoms with Crippen molar-refractivity contribution in [2.45, 2.75) is 69.9 Å². The molecule has 0 aliphatic carbocycles. The van der Waals surface area contributed by atoms with Crippen molar-refractivity contribution < 1.29 is 21.8 Å². The first-order chi connectivity index (χ1) is 15.3. The van der Waals surface area contributed by atoms with Crippen LogP contribution in [0.5, 0.6) is 0 Å². The minimum absolute atomic E-state index is 0.0415. The summed E-state index contributed by atoms with van der Waals surface area (Å²) in [4.78, 5) is 27.3. The van der Waals surface area contributed by atoms with Crippen molar-refractivity contribution >= 4 is 18.4 Å². The molecule has 4 atom stereocenters. The number of ether oxygens (including phenoxy) is 1. The number of nitrogens with two attached hydrogens (primary N) is 1. The average molecular weight is 517 g/mol. The van der Waals surface area contributed by atoms with E-state index in [0.717, 1.165) is 9.98 Å². The van der Waals surface area contributed by atoms with Gasteiger partial charge in [-0.05, 0) is 39.2 Å². The summed E-state index contributed by atoms with van der Waals surface area (Å²) in [6, 6.07) is 0. The van der Waals surface area contributed by atoms with Crippen LogP contribution in [-0.2, 0) is 30.5 Å². The average Bonchev–Trinajstić information content (AvgIpc) is 3.08. The zero-order valence-electron chi connectivity index (χ0n) is 21.3. The van der Waals surface area contributed by atoms with E-state index in [1.165, 1.54) is 17.8 Å². The van der Waals surface area contributed by atoms with E-state index >= 15 is 0 Å². The van der Waals surface area contributed by atoms with Crippen LogP contribution in [0.2, 0.25) is 18.1 Å². The second-order valence-electron chi connectivity index (χ2n) is 10.9. The Morgan fingerprint density at radius 2 is 1.85 bits per heavy atom. The summed E-state index contributed by atoms with van der Waals surface area (Å²) in [5.74, 6) is 0. The molecule has 2 aliphatic heterocycles. The smallest absolute Gasteiger partial charge is 0.332 e. The molecule has 1 aromatic rings. The van der Waals surface area contributed by atoms with Crippen molar-refractivity contribution in [1.82, 2.24) is 14.0 Å². The van der Waals surface area contributed by atoms with Gasteiger partial charge in [0.15, 0.2) is 20.1 Å². The number of aromatic nitrogens is 2. The number of aryl methyl sites for hydroxylation is 1. The predicted molar refractivity (Wildman–Crippen MR) is 130 cm³/mol. The van der Waals surface area contributed by atoms with Crippen molar-refractivity contribution in [3.63, 3.8) is 0 Å². The van der Waals surface area contributed by atoms with Gasteiger partial charge >= 0.3 is 5.69 Å². The lowest BCUT2D eigenvalue weighted by molar-refractivity contribution is -0.0455. The fourth-order valence-corrected chi connectivity index (χ4v) is 6.59. The van der Waals surface area contributed by atoms with Crippen molar-refractivity contribution in [2.75, 3.05) is 20.6 Å². The molecular weight excluding hydrogens is 480 g/mol. The molecule has 2 aliphatic rings.